The van der Waals surface area contributed by atoms with Crippen LogP contribution in [0.3, 0.4) is 0 Å². The molecule has 0 aliphatic carbocycles. The molecule has 0 bridgehead atoms. The third kappa shape index (κ3) is 2.45. The number of hydrogen-bond donors (Lipinski definition) is 1. The predicted octanol–water partition coefficient (Wildman–Crippen LogP) is 1.81. The van der Waals surface area contributed by atoms with Crippen molar-refractivity contribution in [1.82, 2.24) is 24.8 Å². The first kappa shape index (κ1) is 13.2. The Labute approximate surface area is 125 Å². The van der Waals surface area contributed by atoms with Crippen molar-refractivity contribution in [2.24, 2.45) is 5.92 Å². The zero-order chi connectivity index (χ0) is 14.2. The van der Waals surface area contributed by atoms with E-state index in [-0.39, 0.29) is 0 Å². The summed E-state index contributed by atoms with van der Waals surface area (Å²) in [5.41, 5.74) is 2.09. The number of fused-ring (bicyclic) bond motifs is 1. The van der Waals surface area contributed by atoms with Gasteiger partial charge in [0.25, 0.3) is 0 Å². The van der Waals surface area contributed by atoms with E-state index in [9.17, 15) is 0 Å². The first-order chi connectivity index (χ1) is 10.3. The van der Waals surface area contributed by atoms with Crippen LogP contribution in [0.4, 0.5) is 0 Å². The smallest absolute Gasteiger partial charge is 0.160 e. The summed E-state index contributed by atoms with van der Waals surface area (Å²) in [6, 6.07) is 4.46. The minimum atomic E-state index is 0.401. The highest BCUT2D eigenvalue weighted by Crippen LogP contribution is 2.28. The van der Waals surface area contributed by atoms with Crippen LogP contribution in [0.1, 0.15) is 31.1 Å². The van der Waals surface area contributed by atoms with Crippen LogP contribution in [0.2, 0.25) is 0 Å². The van der Waals surface area contributed by atoms with Gasteiger partial charge in [-0.3, -0.25) is 0 Å². The van der Waals surface area contributed by atoms with E-state index in [0.29, 0.717) is 6.04 Å². The second-order valence-corrected chi connectivity index (χ2v) is 6.49. The highest BCUT2D eigenvalue weighted by molar-refractivity contribution is 5.71. The SMILES string of the molecule is CN1CCC(Cn2c(C3CCCN3)nc3cccnc32)C1. The number of rotatable bonds is 3. The molecule has 2 aromatic rings. The molecule has 4 heterocycles. The lowest BCUT2D eigenvalue weighted by Crippen LogP contribution is -2.22. The van der Waals surface area contributed by atoms with Gasteiger partial charge in [-0.15, -0.1) is 0 Å². The summed E-state index contributed by atoms with van der Waals surface area (Å²) < 4.78 is 2.38. The molecule has 2 unspecified atom stereocenters. The third-order valence-electron chi connectivity index (χ3n) is 4.83. The van der Waals surface area contributed by atoms with E-state index in [1.54, 1.807) is 0 Å². The molecule has 112 valence electrons. The zero-order valence-electron chi connectivity index (χ0n) is 12.6. The molecule has 4 rings (SSSR count). The lowest BCUT2D eigenvalue weighted by molar-refractivity contribution is 0.374. The maximum atomic E-state index is 4.88. The van der Waals surface area contributed by atoms with Gasteiger partial charge in [0.15, 0.2) is 5.65 Å². The highest BCUT2D eigenvalue weighted by Gasteiger charge is 2.27. The van der Waals surface area contributed by atoms with E-state index in [0.717, 1.165) is 30.2 Å². The molecular weight excluding hydrogens is 262 g/mol. The minimum absolute atomic E-state index is 0.401. The van der Waals surface area contributed by atoms with Gasteiger partial charge in [0.2, 0.25) is 0 Å². The average Bonchev–Trinajstić information content (AvgIpc) is 3.20. The number of aromatic nitrogens is 3. The molecule has 0 spiro atoms. The van der Waals surface area contributed by atoms with Gasteiger partial charge in [-0.05, 0) is 57.5 Å². The zero-order valence-corrected chi connectivity index (χ0v) is 12.6. The fraction of sp³-hybridized carbons (Fsp3) is 0.625. The summed E-state index contributed by atoms with van der Waals surface area (Å²) in [5.74, 6) is 1.91. The number of hydrogen-bond acceptors (Lipinski definition) is 4. The van der Waals surface area contributed by atoms with E-state index < -0.39 is 0 Å². The predicted molar refractivity (Wildman–Crippen MR) is 83.1 cm³/mol. The average molecular weight is 285 g/mol. The van der Waals surface area contributed by atoms with Crippen molar-refractivity contribution in [1.29, 1.82) is 0 Å². The minimum Gasteiger partial charge on any atom is -0.311 e. The first-order valence-corrected chi connectivity index (χ1v) is 8.04. The molecule has 5 nitrogen and oxygen atoms in total. The van der Waals surface area contributed by atoms with E-state index in [1.807, 2.05) is 12.3 Å². The fourth-order valence-electron chi connectivity index (χ4n) is 3.76. The maximum Gasteiger partial charge on any atom is 0.160 e. The van der Waals surface area contributed by atoms with Gasteiger partial charge in [-0.2, -0.15) is 0 Å². The molecule has 0 amide bonds. The Morgan fingerprint density at radius 2 is 2.33 bits per heavy atom. The van der Waals surface area contributed by atoms with Gasteiger partial charge >= 0.3 is 0 Å². The molecule has 1 N–H and O–H groups in total. The Bertz CT molecular complexity index is 629. The number of pyridine rings is 1. The van der Waals surface area contributed by atoms with E-state index in [2.05, 4.69) is 32.9 Å². The number of likely N-dealkylation sites (tertiary alicyclic amines) is 1. The molecule has 2 atom stereocenters. The van der Waals surface area contributed by atoms with Gasteiger partial charge < -0.3 is 14.8 Å². The molecule has 21 heavy (non-hydrogen) atoms. The summed E-state index contributed by atoms with van der Waals surface area (Å²) in [7, 11) is 2.21. The molecule has 5 heteroatoms. The molecule has 2 aliphatic rings. The number of nitrogens with one attached hydrogen (secondary N) is 1. The Morgan fingerprint density at radius 1 is 1.38 bits per heavy atom. The van der Waals surface area contributed by atoms with Crippen molar-refractivity contribution in [3.8, 4) is 0 Å². The summed E-state index contributed by atoms with van der Waals surface area (Å²) in [6.07, 6.45) is 5.59. The summed E-state index contributed by atoms with van der Waals surface area (Å²) in [6.45, 7) is 4.55. The maximum absolute atomic E-state index is 4.88. The van der Waals surface area contributed by atoms with Crippen LogP contribution < -0.4 is 5.32 Å². The van der Waals surface area contributed by atoms with Gasteiger partial charge in [0, 0.05) is 19.3 Å². The topological polar surface area (TPSA) is 46.0 Å². The lowest BCUT2D eigenvalue weighted by atomic mass is 10.1. The molecule has 0 saturated carbocycles. The van der Waals surface area contributed by atoms with Gasteiger partial charge in [-0.25, -0.2) is 9.97 Å². The van der Waals surface area contributed by atoms with Crippen molar-refractivity contribution >= 4 is 11.2 Å². The molecule has 2 aromatic heterocycles. The van der Waals surface area contributed by atoms with E-state index >= 15 is 0 Å². The molecule has 2 fully saturated rings. The van der Waals surface area contributed by atoms with Crippen molar-refractivity contribution in [2.45, 2.75) is 31.8 Å². The van der Waals surface area contributed by atoms with Gasteiger partial charge in [0.05, 0.1) is 6.04 Å². The van der Waals surface area contributed by atoms with Crippen molar-refractivity contribution < 1.29 is 0 Å². The van der Waals surface area contributed by atoms with Crippen LogP contribution in [0, 0.1) is 5.92 Å². The quantitative estimate of drug-likeness (QED) is 0.934. The summed E-state index contributed by atoms with van der Waals surface area (Å²) in [4.78, 5) is 11.9. The van der Waals surface area contributed by atoms with Crippen LogP contribution in [-0.2, 0) is 6.54 Å². The third-order valence-corrected chi connectivity index (χ3v) is 4.83. The van der Waals surface area contributed by atoms with Gasteiger partial charge in [-0.1, -0.05) is 0 Å². The van der Waals surface area contributed by atoms with Crippen LogP contribution in [0.5, 0.6) is 0 Å². The monoisotopic (exact) mass is 285 g/mol. The normalized spacial score (nSPS) is 26.9. The second-order valence-electron chi connectivity index (χ2n) is 6.49. The van der Waals surface area contributed by atoms with E-state index in [4.69, 9.17) is 4.98 Å². The Kier molecular flexibility index (Phi) is 3.39. The standard InChI is InChI=1S/C16H23N5/c1-20-9-6-12(10-20)11-21-15-14(5-3-8-18-15)19-16(21)13-4-2-7-17-13/h3,5,8,12-13,17H,2,4,6-7,9-11H2,1H3. The molecular formula is C16H23N5. The number of imidazole rings is 1. The molecule has 0 radical (unpaired) electrons. The number of nitrogens with zero attached hydrogens (tertiary/aromatic N) is 4. The van der Waals surface area contributed by atoms with Gasteiger partial charge in [0.1, 0.15) is 11.3 Å². The first-order valence-electron chi connectivity index (χ1n) is 8.04. The lowest BCUT2D eigenvalue weighted by Gasteiger charge is -2.17. The van der Waals surface area contributed by atoms with Crippen LogP contribution in [0.15, 0.2) is 18.3 Å². The summed E-state index contributed by atoms with van der Waals surface area (Å²) >= 11 is 0. The summed E-state index contributed by atoms with van der Waals surface area (Å²) in [5, 5.41) is 3.59. The van der Waals surface area contributed by atoms with Crippen LogP contribution >= 0.6 is 0 Å². The second kappa shape index (κ2) is 5.39. The Hall–Kier alpha value is -1.46. The Balaban J connectivity index is 1.71. The molecule has 2 aliphatic heterocycles. The van der Waals surface area contributed by atoms with Crippen LogP contribution in [0.25, 0.3) is 11.2 Å². The fourth-order valence-corrected chi connectivity index (χ4v) is 3.76. The molecule has 0 aromatic carbocycles. The van der Waals surface area contributed by atoms with Crippen molar-refractivity contribution in [3.63, 3.8) is 0 Å². The largest absolute Gasteiger partial charge is 0.311 e. The van der Waals surface area contributed by atoms with Crippen LogP contribution in [-0.4, -0.2) is 46.1 Å². The molecule has 2 saturated heterocycles. The van der Waals surface area contributed by atoms with Crippen molar-refractivity contribution in [2.75, 3.05) is 26.7 Å². The highest BCUT2D eigenvalue weighted by atomic mass is 15.2. The Morgan fingerprint density at radius 3 is 3.10 bits per heavy atom. The van der Waals surface area contributed by atoms with Crippen molar-refractivity contribution in [3.05, 3.63) is 24.2 Å². The van der Waals surface area contributed by atoms with E-state index in [1.165, 1.54) is 38.2 Å².